The van der Waals surface area contributed by atoms with Crippen LogP contribution in [-0.2, 0) is 4.79 Å². The number of carbonyl (C=O) groups excluding carboxylic acids is 2. The number of amides is 2. The van der Waals surface area contributed by atoms with E-state index in [9.17, 15) is 14.0 Å². The van der Waals surface area contributed by atoms with E-state index in [4.69, 9.17) is 21.1 Å². The van der Waals surface area contributed by atoms with Crippen molar-refractivity contribution >= 4 is 34.8 Å². The molecular formula is C19H20ClFN2O4S. The monoisotopic (exact) mass is 426 g/mol. The van der Waals surface area contributed by atoms with E-state index in [1.54, 1.807) is 11.4 Å². The number of carbonyl (C=O) groups is 2. The molecule has 6 nitrogen and oxygen atoms in total. The van der Waals surface area contributed by atoms with Crippen molar-refractivity contribution in [2.24, 2.45) is 0 Å². The first-order valence-electron chi connectivity index (χ1n) is 8.44. The second-order valence-electron chi connectivity index (χ2n) is 5.57. The molecule has 2 aromatic rings. The number of benzene rings is 1. The van der Waals surface area contributed by atoms with Gasteiger partial charge in [0.2, 0.25) is 0 Å². The Morgan fingerprint density at radius 2 is 2.07 bits per heavy atom. The summed E-state index contributed by atoms with van der Waals surface area (Å²) < 4.78 is 23.9. The number of halogens is 2. The molecule has 2 amide bonds. The summed E-state index contributed by atoms with van der Waals surface area (Å²) in [5, 5.41) is 7.07. The molecule has 1 aromatic heterocycles. The van der Waals surface area contributed by atoms with Crippen molar-refractivity contribution in [1.82, 2.24) is 10.6 Å². The Balaban J connectivity index is 1.70. The minimum Gasteiger partial charge on any atom is -0.492 e. The number of hydrogen-bond acceptors (Lipinski definition) is 5. The molecule has 0 fully saturated rings. The van der Waals surface area contributed by atoms with Gasteiger partial charge in [-0.15, -0.1) is 11.3 Å². The largest absolute Gasteiger partial charge is 0.492 e. The lowest BCUT2D eigenvalue weighted by atomic mass is 10.3. The molecule has 150 valence electrons. The molecule has 0 saturated carbocycles. The lowest BCUT2D eigenvalue weighted by Crippen LogP contribution is -2.30. The fourth-order valence-electron chi connectivity index (χ4n) is 2.15. The number of hydrogen-bond donors (Lipinski definition) is 2. The van der Waals surface area contributed by atoms with E-state index in [2.05, 4.69) is 17.2 Å². The van der Waals surface area contributed by atoms with Gasteiger partial charge in [-0.2, -0.15) is 0 Å². The summed E-state index contributed by atoms with van der Waals surface area (Å²) in [5.74, 6) is -0.573. The van der Waals surface area contributed by atoms with Gasteiger partial charge in [-0.25, -0.2) is 4.39 Å². The van der Waals surface area contributed by atoms with Gasteiger partial charge in [0.15, 0.2) is 6.61 Å². The van der Waals surface area contributed by atoms with Crippen LogP contribution in [0.1, 0.15) is 23.0 Å². The van der Waals surface area contributed by atoms with Crippen LogP contribution < -0.4 is 20.1 Å². The van der Waals surface area contributed by atoms with Crippen LogP contribution >= 0.6 is 22.9 Å². The summed E-state index contributed by atoms with van der Waals surface area (Å²) in [6, 6.07) is 5.65. The molecular weight excluding hydrogens is 407 g/mol. The fraction of sp³-hybridized carbons (Fsp3) is 0.263. The number of ether oxygens (including phenoxy) is 2. The molecule has 0 bridgehead atoms. The maximum absolute atomic E-state index is 13.3. The Kier molecular flexibility index (Phi) is 8.28. The molecule has 1 heterocycles. The van der Waals surface area contributed by atoms with E-state index in [0.717, 1.165) is 6.07 Å². The van der Waals surface area contributed by atoms with Gasteiger partial charge < -0.3 is 20.1 Å². The Morgan fingerprint density at radius 3 is 2.79 bits per heavy atom. The molecule has 0 aliphatic rings. The van der Waals surface area contributed by atoms with Crippen molar-refractivity contribution in [1.29, 1.82) is 0 Å². The van der Waals surface area contributed by atoms with Crippen molar-refractivity contribution in [2.45, 2.75) is 13.3 Å². The zero-order valence-electron chi connectivity index (χ0n) is 15.2. The predicted molar refractivity (Wildman–Crippen MR) is 107 cm³/mol. The van der Waals surface area contributed by atoms with Crippen molar-refractivity contribution < 1.29 is 23.5 Å². The van der Waals surface area contributed by atoms with Gasteiger partial charge in [-0.1, -0.05) is 18.2 Å². The van der Waals surface area contributed by atoms with E-state index in [-0.39, 0.29) is 23.3 Å². The van der Waals surface area contributed by atoms with Crippen molar-refractivity contribution in [3.8, 4) is 11.5 Å². The molecule has 0 aliphatic heterocycles. The van der Waals surface area contributed by atoms with Gasteiger partial charge in [0.05, 0.1) is 11.6 Å². The van der Waals surface area contributed by atoms with E-state index >= 15 is 0 Å². The summed E-state index contributed by atoms with van der Waals surface area (Å²) in [5.41, 5.74) is 0.424. The van der Waals surface area contributed by atoms with Gasteiger partial charge in [-0.05, 0) is 30.5 Å². The normalized spacial score (nSPS) is 10.2. The topological polar surface area (TPSA) is 76.7 Å². The van der Waals surface area contributed by atoms with E-state index in [1.807, 2.05) is 6.92 Å². The Labute approximate surface area is 171 Å². The zero-order valence-corrected chi connectivity index (χ0v) is 16.8. The third-order valence-electron chi connectivity index (χ3n) is 3.42. The molecule has 2 rings (SSSR count). The molecule has 2 N–H and O–H groups in total. The highest BCUT2D eigenvalue weighted by atomic mass is 35.5. The fourth-order valence-corrected chi connectivity index (χ4v) is 3.02. The first kappa shape index (κ1) is 21.7. The molecule has 0 radical (unpaired) electrons. The SMILES string of the molecule is C=C(CCNC(=O)c1sccc1OCC)NC(=O)COc1ccc(Cl)c(F)c1. The average molecular weight is 427 g/mol. The lowest BCUT2D eigenvalue weighted by molar-refractivity contribution is -0.122. The van der Waals surface area contributed by atoms with Crippen LogP contribution in [0.5, 0.6) is 11.5 Å². The minimum absolute atomic E-state index is 0.0249. The third-order valence-corrected chi connectivity index (χ3v) is 4.63. The maximum Gasteiger partial charge on any atom is 0.265 e. The highest BCUT2D eigenvalue weighted by Gasteiger charge is 2.14. The minimum atomic E-state index is -0.627. The second-order valence-corrected chi connectivity index (χ2v) is 6.89. The highest BCUT2D eigenvalue weighted by Crippen LogP contribution is 2.24. The molecule has 1 aromatic carbocycles. The first-order valence-corrected chi connectivity index (χ1v) is 9.70. The Bertz CT molecular complexity index is 856. The quantitative estimate of drug-likeness (QED) is 0.606. The second kappa shape index (κ2) is 10.7. The van der Waals surface area contributed by atoms with Crippen molar-refractivity contribution in [2.75, 3.05) is 19.8 Å². The molecule has 9 heteroatoms. The third kappa shape index (κ3) is 6.54. The predicted octanol–water partition coefficient (Wildman–Crippen LogP) is 3.77. The maximum atomic E-state index is 13.3. The first-order chi connectivity index (χ1) is 13.4. The number of thiophene rings is 1. The standard InChI is InChI=1S/C19H20ClFN2O4S/c1-3-26-16-7-9-28-18(16)19(25)22-8-6-12(2)23-17(24)11-27-13-4-5-14(20)15(21)10-13/h4-5,7,9-10H,2-3,6,8,11H2,1H3,(H,22,25)(H,23,24). The summed E-state index contributed by atoms with van der Waals surface area (Å²) in [6.45, 7) is 6.06. The molecule has 0 unspecified atom stereocenters. The van der Waals surface area contributed by atoms with Crippen LogP contribution in [0, 0.1) is 5.82 Å². The Hall–Kier alpha value is -2.58. The van der Waals surface area contributed by atoms with E-state index in [0.29, 0.717) is 35.9 Å². The van der Waals surface area contributed by atoms with Crippen LogP contribution in [0.2, 0.25) is 5.02 Å². The van der Waals surface area contributed by atoms with Crippen LogP contribution in [0.25, 0.3) is 0 Å². The molecule has 28 heavy (non-hydrogen) atoms. The van der Waals surface area contributed by atoms with E-state index < -0.39 is 11.7 Å². The Morgan fingerprint density at radius 1 is 1.29 bits per heavy atom. The highest BCUT2D eigenvalue weighted by molar-refractivity contribution is 7.12. The molecule has 0 atom stereocenters. The lowest BCUT2D eigenvalue weighted by Gasteiger charge is -2.11. The van der Waals surface area contributed by atoms with Crippen LogP contribution in [0.4, 0.5) is 4.39 Å². The van der Waals surface area contributed by atoms with Crippen LogP contribution in [-0.4, -0.2) is 31.6 Å². The summed E-state index contributed by atoms with van der Waals surface area (Å²) in [4.78, 5) is 24.5. The summed E-state index contributed by atoms with van der Waals surface area (Å²) in [6.07, 6.45) is 0.350. The van der Waals surface area contributed by atoms with Gasteiger partial charge in [0, 0.05) is 24.7 Å². The molecule has 0 spiro atoms. The zero-order chi connectivity index (χ0) is 20.5. The van der Waals surface area contributed by atoms with Crippen LogP contribution in [0.3, 0.4) is 0 Å². The number of rotatable bonds is 10. The van der Waals surface area contributed by atoms with Crippen molar-refractivity contribution in [3.63, 3.8) is 0 Å². The number of nitrogens with one attached hydrogen (secondary N) is 2. The van der Waals surface area contributed by atoms with Gasteiger partial charge in [0.25, 0.3) is 11.8 Å². The van der Waals surface area contributed by atoms with Crippen molar-refractivity contribution in [3.05, 3.63) is 57.6 Å². The van der Waals surface area contributed by atoms with Gasteiger partial charge >= 0.3 is 0 Å². The van der Waals surface area contributed by atoms with Gasteiger partial charge in [-0.3, -0.25) is 9.59 Å². The smallest absolute Gasteiger partial charge is 0.265 e. The van der Waals surface area contributed by atoms with Crippen LogP contribution in [0.15, 0.2) is 41.9 Å². The molecule has 0 aliphatic carbocycles. The summed E-state index contributed by atoms with van der Waals surface area (Å²) in [7, 11) is 0. The average Bonchev–Trinajstić information content (AvgIpc) is 3.11. The summed E-state index contributed by atoms with van der Waals surface area (Å²) >= 11 is 6.87. The van der Waals surface area contributed by atoms with Gasteiger partial charge in [0.1, 0.15) is 22.2 Å². The molecule has 0 saturated heterocycles. The van der Waals surface area contributed by atoms with E-state index in [1.165, 1.54) is 23.5 Å².